The lowest BCUT2D eigenvalue weighted by Crippen LogP contribution is -2.26. The highest BCUT2D eigenvalue weighted by Crippen LogP contribution is 2.39. The second-order valence-corrected chi connectivity index (χ2v) is 10.9. The summed E-state index contributed by atoms with van der Waals surface area (Å²) >= 11 is 8.09. The first-order valence-electron chi connectivity index (χ1n) is 9.35. The molecule has 30 heavy (non-hydrogen) atoms. The van der Waals surface area contributed by atoms with Crippen LogP contribution in [0.1, 0.15) is 25.0 Å². The number of rotatable bonds is 5. The maximum Gasteiger partial charge on any atom is 0.236 e. The molecule has 154 valence electrons. The van der Waals surface area contributed by atoms with Gasteiger partial charge in [0, 0.05) is 27.5 Å². The predicted octanol–water partition coefficient (Wildman–Crippen LogP) is 6.37. The molecular formula is C23H21ClN2O2S2. The predicted molar refractivity (Wildman–Crippen MR) is 127 cm³/mol. The molecule has 4 aromatic rings. The number of hydrogen-bond acceptors (Lipinski definition) is 4. The number of halogens is 1. The van der Waals surface area contributed by atoms with E-state index >= 15 is 0 Å². The van der Waals surface area contributed by atoms with E-state index in [4.69, 9.17) is 11.6 Å². The van der Waals surface area contributed by atoms with Gasteiger partial charge in [-0.25, -0.2) is 12.7 Å². The van der Waals surface area contributed by atoms with Gasteiger partial charge in [0.2, 0.25) is 10.0 Å². The van der Waals surface area contributed by atoms with Gasteiger partial charge >= 0.3 is 0 Å². The molecule has 4 nitrogen and oxygen atoms in total. The zero-order valence-corrected chi connectivity index (χ0v) is 19.2. The van der Waals surface area contributed by atoms with Gasteiger partial charge in [-0.05, 0) is 76.5 Å². The largest absolute Gasteiger partial charge is 0.265 e. The number of nitrogens with zero attached hydrogens (tertiary/aromatic N) is 2. The topological polar surface area (TPSA) is 50.3 Å². The number of anilines is 2. The monoisotopic (exact) mass is 456 g/mol. The Labute approximate surface area is 185 Å². The first-order chi connectivity index (χ1) is 14.2. The third-order valence-electron chi connectivity index (χ3n) is 5.24. The van der Waals surface area contributed by atoms with Crippen LogP contribution in [-0.2, 0) is 15.4 Å². The Hall–Kier alpha value is -2.41. The summed E-state index contributed by atoms with van der Waals surface area (Å²) in [4.78, 5) is 4.10. The molecule has 4 rings (SSSR count). The van der Waals surface area contributed by atoms with Crippen molar-refractivity contribution in [2.24, 2.45) is 0 Å². The van der Waals surface area contributed by atoms with E-state index in [9.17, 15) is 8.42 Å². The van der Waals surface area contributed by atoms with Crippen LogP contribution in [0.15, 0.2) is 72.4 Å². The number of pyridine rings is 1. The Morgan fingerprint density at radius 3 is 2.37 bits per heavy atom. The van der Waals surface area contributed by atoms with Gasteiger partial charge in [-0.3, -0.25) is 4.98 Å². The van der Waals surface area contributed by atoms with Crippen molar-refractivity contribution >= 4 is 54.4 Å². The molecule has 7 heteroatoms. The minimum absolute atomic E-state index is 0.386. The van der Waals surface area contributed by atoms with Crippen molar-refractivity contribution < 1.29 is 8.42 Å². The van der Waals surface area contributed by atoms with Gasteiger partial charge in [0.15, 0.2) is 0 Å². The maximum atomic E-state index is 12.8. The van der Waals surface area contributed by atoms with Crippen molar-refractivity contribution in [2.45, 2.75) is 19.3 Å². The lowest BCUT2D eigenvalue weighted by atomic mass is 9.78. The van der Waals surface area contributed by atoms with E-state index in [1.54, 1.807) is 29.8 Å². The standard InChI is InChI=1S/C23H21ClN2O2S2/c1-23(2,17-6-9-25-10-7-17)18-13-19(24)15-21(14-18)26(30(3,27)28)20-4-5-22-16(12-20)8-11-29-22/h4-15H,1-3H3. The van der Waals surface area contributed by atoms with Crippen molar-refractivity contribution in [2.75, 3.05) is 10.6 Å². The lowest BCUT2D eigenvalue weighted by molar-refractivity contribution is 0.601. The van der Waals surface area contributed by atoms with Gasteiger partial charge < -0.3 is 0 Å². The first-order valence-corrected chi connectivity index (χ1v) is 12.5. The highest BCUT2D eigenvalue weighted by atomic mass is 35.5. The zero-order valence-electron chi connectivity index (χ0n) is 16.8. The summed E-state index contributed by atoms with van der Waals surface area (Å²) in [5.41, 5.74) is 2.69. The number of benzene rings is 2. The zero-order chi connectivity index (χ0) is 21.5. The minimum Gasteiger partial charge on any atom is -0.265 e. The molecule has 2 aromatic carbocycles. The summed E-state index contributed by atoms with van der Waals surface area (Å²) in [7, 11) is -3.60. The summed E-state index contributed by atoms with van der Waals surface area (Å²) in [5.74, 6) is 0. The van der Waals surface area contributed by atoms with E-state index in [-0.39, 0.29) is 5.41 Å². The van der Waals surface area contributed by atoms with Gasteiger partial charge in [0.05, 0.1) is 17.6 Å². The first kappa shape index (κ1) is 20.8. The molecule has 0 N–H and O–H groups in total. The summed E-state index contributed by atoms with van der Waals surface area (Å²) in [5, 5.41) is 3.48. The molecule has 0 aliphatic heterocycles. The Balaban J connectivity index is 1.88. The summed E-state index contributed by atoms with van der Waals surface area (Å²) < 4.78 is 28.1. The number of aromatic nitrogens is 1. The molecule has 0 amide bonds. The second-order valence-electron chi connectivity index (χ2n) is 7.73. The Morgan fingerprint density at radius 1 is 0.933 bits per heavy atom. The molecule has 2 aromatic heterocycles. The maximum absolute atomic E-state index is 12.8. The third kappa shape index (κ3) is 3.95. The van der Waals surface area contributed by atoms with Crippen molar-refractivity contribution in [1.29, 1.82) is 0 Å². The molecule has 0 radical (unpaired) electrons. The Kier molecular flexibility index (Phi) is 5.34. The van der Waals surface area contributed by atoms with Crippen LogP contribution in [0.2, 0.25) is 5.02 Å². The molecule has 0 bridgehead atoms. The van der Waals surface area contributed by atoms with Gasteiger partial charge in [0.1, 0.15) is 0 Å². The van der Waals surface area contributed by atoms with Crippen LogP contribution < -0.4 is 4.31 Å². The fourth-order valence-electron chi connectivity index (χ4n) is 3.60. The van der Waals surface area contributed by atoms with Crippen LogP contribution in [0.5, 0.6) is 0 Å². The smallest absolute Gasteiger partial charge is 0.236 e. The Bertz CT molecular complexity index is 1320. The van der Waals surface area contributed by atoms with Crippen molar-refractivity contribution in [1.82, 2.24) is 4.98 Å². The van der Waals surface area contributed by atoms with E-state index in [0.717, 1.165) is 21.2 Å². The minimum atomic E-state index is -3.60. The average molecular weight is 457 g/mol. The third-order valence-corrected chi connectivity index (χ3v) is 7.44. The fraction of sp³-hybridized carbons (Fsp3) is 0.174. The molecule has 0 aliphatic rings. The molecule has 0 aliphatic carbocycles. The summed E-state index contributed by atoms with van der Waals surface area (Å²) in [6.07, 6.45) is 4.71. The van der Waals surface area contributed by atoms with Crippen LogP contribution in [0.3, 0.4) is 0 Å². The fourth-order valence-corrected chi connectivity index (χ4v) is 5.59. The van der Waals surface area contributed by atoms with Gasteiger partial charge in [-0.2, -0.15) is 0 Å². The molecule has 0 unspecified atom stereocenters. The van der Waals surface area contributed by atoms with Crippen LogP contribution in [0.25, 0.3) is 10.1 Å². The average Bonchev–Trinajstić information content (AvgIpc) is 3.15. The molecular weight excluding hydrogens is 436 g/mol. The van der Waals surface area contributed by atoms with E-state index < -0.39 is 10.0 Å². The van der Waals surface area contributed by atoms with Gasteiger partial charge in [-0.15, -0.1) is 11.3 Å². The summed E-state index contributed by atoms with van der Waals surface area (Å²) in [6.45, 7) is 4.17. The molecule has 0 saturated heterocycles. The van der Waals surface area contributed by atoms with Gasteiger partial charge in [-0.1, -0.05) is 25.4 Å². The highest BCUT2D eigenvalue weighted by molar-refractivity contribution is 7.92. The van der Waals surface area contributed by atoms with Crippen LogP contribution in [0, 0.1) is 0 Å². The number of fused-ring (bicyclic) bond motifs is 1. The van der Waals surface area contributed by atoms with Crippen LogP contribution >= 0.6 is 22.9 Å². The highest BCUT2D eigenvalue weighted by Gasteiger charge is 2.27. The molecule has 0 atom stereocenters. The SMILES string of the molecule is CC(C)(c1ccncc1)c1cc(Cl)cc(N(c2ccc3sccc3c2)S(C)(=O)=O)c1. The number of thiophene rings is 1. The lowest BCUT2D eigenvalue weighted by Gasteiger charge is -2.29. The molecule has 2 heterocycles. The number of sulfonamides is 1. The van der Waals surface area contributed by atoms with Crippen molar-refractivity contribution in [3.05, 3.63) is 88.5 Å². The molecule has 0 spiro atoms. The summed E-state index contributed by atoms with van der Waals surface area (Å²) in [6, 6.07) is 17.0. The Morgan fingerprint density at radius 2 is 1.67 bits per heavy atom. The van der Waals surface area contributed by atoms with E-state index in [2.05, 4.69) is 18.8 Å². The quantitative estimate of drug-likeness (QED) is 0.350. The molecule has 0 saturated carbocycles. The normalized spacial score (nSPS) is 12.3. The van der Waals surface area contributed by atoms with E-state index in [1.807, 2.05) is 53.9 Å². The van der Waals surface area contributed by atoms with Crippen molar-refractivity contribution in [3.63, 3.8) is 0 Å². The van der Waals surface area contributed by atoms with Crippen LogP contribution in [-0.4, -0.2) is 19.7 Å². The number of hydrogen-bond donors (Lipinski definition) is 0. The van der Waals surface area contributed by atoms with E-state index in [1.165, 1.54) is 10.6 Å². The van der Waals surface area contributed by atoms with Gasteiger partial charge in [0.25, 0.3) is 0 Å². The molecule has 0 fully saturated rings. The second kappa shape index (κ2) is 7.69. The van der Waals surface area contributed by atoms with Crippen LogP contribution in [0.4, 0.5) is 11.4 Å². The van der Waals surface area contributed by atoms with E-state index in [0.29, 0.717) is 16.4 Å². The van der Waals surface area contributed by atoms with Crippen molar-refractivity contribution in [3.8, 4) is 0 Å².